The van der Waals surface area contributed by atoms with Gasteiger partial charge in [0.15, 0.2) is 0 Å². The summed E-state index contributed by atoms with van der Waals surface area (Å²) in [4.78, 5) is 53.7. The molecule has 0 radical (unpaired) electrons. The van der Waals surface area contributed by atoms with E-state index in [0.29, 0.717) is 11.9 Å². The molecular weight excluding hydrogens is 474 g/mol. The van der Waals surface area contributed by atoms with Crippen LogP contribution in [0.3, 0.4) is 0 Å². The first-order valence-electron chi connectivity index (χ1n) is 13.2. The Morgan fingerprint density at radius 3 is 2.27 bits per heavy atom. The quantitative estimate of drug-likeness (QED) is 0.622. The number of imide groups is 1. The molecule has 1 unspecified atom stereocenters. The van der Waals surface area contributed by atoms with Crippen molar-refractivity contribution in [3.05, 3.63) is 28.7 Å². The van der Waals surface area contributed by atoms with E-state index in [2.05, 4.69) is 10.2 Å². The summed E-state index contributed by atoms with van der Waals surface area (Å²) in [6.07, 6.45) is 4.42. The standard InChI is InChI=1S/C27H37N5O5/c1-26(2,3)37-25(36)31-15-11-27(12-16-31)9-13-30(14-10-27)18-5-6-19-21(17-18)29(4)24(35)32(19)20-7-8-22(33)28-23(20)34/h5-6,17,20H,7-16H2,1-4H3,(H,28,33,34). The van der Waals surface area contributed by atoms with Crippen LogP contribution in [0.15, 0.2) is 23.0 Å². The van der Waals surface area contributed by atoms with Gasteiger partial charge in [-0.3, -0.25) is 24.0 Å². The van der Waals surface area contributed by atoms with E-state index < -0.39 is 17.6 Å². The van der Waals surface area contributed by atoms with Gasteiger partial charge in [-0.25, -0.2) is 9.59 Å². The Hall–Kier alpha value is -3.30. The first kappa shape index (κ1) is 25.4. The van der Waals surface area contributed by atoms with Crippen molar-refractivity contribution >= 4 is 34.6 Å². The number of ether oxygens (including phenoxy) is 1. The van der Waals surface area contributed by atoms with Crippen LogP contribution in [-0.2, 0) is 21.4 Å². The number of piperidine rings is 3. The van der Waals surface area contributed by atoms with Crippen molar-refractivity contribution in [3.8, 4) is 0 Å². The summed E-state index contributed by atoms with van der Waals surface area (Å²) in [7, 11) is 1.72. The van der Waals surface area contributed by atoms with Crippen LogP contribution in [0.5, 0.6) is 0 Å². The molecular formula is C27H37N5O5. The van der Waals surface area contributed by atoms with E-state index in [1.807, 2.05) is 43.9 Å². The fourth-order valence-corrected chi connectivity index (χ4v) is 6.01. The van der Waals surface area contributed by atoms with Crippen LogP contribution < -0.4 is 15.9 Å². The maximum atomic E-state index is 13.1. The van der Waals surface area contributed by atoms with Gasteiger partial charge in [0.2, 0.25) is 11.8 Å². The molecule has 3 aliphatic heterocycles. The molecule has 3 aliphatic rings. The Kier molecular flexibility index (Phi) is 6.32. The number of likely N-dealkylation sites (tertiary alicyclic amines) is 1. The molecule has 0 bridgehead atoms. The molecule has 3 saturated heterocycles. The summed E-state index contributed by atoms with van der Waals surface area (Å²) in [6, 6.07) is 5.29. The van der Waals surface area contributed by atoms with Crippen LogP contribution in [0.1, 0.15) is 65.3 Å². The predicted octanol–water partition coefficient (Wildman–Crippen LogP) is 2.94. The molecule has 0 aliphatic carbocycles. The Bertz CT molecular complexity index is 1280. The molecule has 2 aromatic rings. The van der Waals surface area contributed by atoms with Crippen molar-refractivity contribution in [3.63, 3.8) is 0 Å². The van der Waals surface area contributed by atoms with Gasteiger partial charge < -0.3 is 14.5 Å². The normalized spacial score (nSPS) is 22.4. The first-order valence-corrected chi connectivity index (χ1v) is 13.2. The molecule has 10 nitrogen and oxygen atoms in total. The number of carbonyl (C=O) groups excluding carboxylic acids is 3. The number of nitrogens with zero attached hydrogens (tertiary/aromatic N) is 4. The predicted molar refractivity (Wildman–Crippen MR) is 140 cm³/mol. The van der Waals surface area contributed by atoms with Gasteiger partial charge in [-0.2, -0.15) is 0 Å². The minimum atomic E-state index is -0.679. The topological polar surface area (TPSA) is 106 Å². The van der Waals surface area contributed by atoms with Gasteiger partial charge in [-0.05, 0) is 76.5 Å². The second-order valence-electron chi connectivity index (χ2n) is 11.8. The lowest BCUT2D eigenvalue weighted by molar-refractivity contribution is -0.135. The molecule has 37 heavy (non-hydrogen) atoms. The summed E-state index contributed by atoms with van der Waals surface area (Å²) in [5.74, 6) is -0.718. The van der Waals surface area contributed by atoms with Crippen LogP contribution in [0.4, 0.5) is 10.5 Å². The third-order valence-electron chi connectivity index (χ3n) is 8.26. The molecule has 0 saturated carbocycles. The fourth-order valence-electron chi connectivity index (χ4n) is 6.01. The minimum absolute atomic E-state index is 0.219. The van der Waals surface area contributed by atoms with Crippen molar-refractivity contribution in [2.75, 3.05) is 31.1 Å². The summed E-state index contributed by atoms with van der Waals surface area (Å²) in [6.45, 7) is 8.98. The highest BCUT2D eigenvalue weighted by Gasteiger charge is 2.39. The maximum Gasteiger partial charge on any atom is 0.410 e. The number of amides is 3. The highest BCUT2D eigenvalue weighted by Crippen LogP contribution is 2.42. The molecule has 200 valence electrons. The van der Waals surface area contributed by atoms with Crippen LogP contribution in [0.2, 0.25) is 0 Å². The zero-order chi connectivity index (χ0) is 26.5. The molecule has 3 amide bonds. The lowest BCUT2D eigenvalue weighted by atomic mass is 9.71. The number of fused-ring (bicyclic) bond motifs is 1. The van der Waals surface area contributed by atoms with Gasteiger partial charge in [-0.1, -0.05) is 0 Å². The number of hydrogen-bond donors (Lipinski definition) is 1. The van der Waals surface area contributed by atoms with Gasteiger partial charge in [0, 0.05) is 45.3 Å². The van der Waals surface area contributed by atoms with Crippen LogP contribution in [-0.4, -0.2) is 63.7 Å². The van der Waals surface area contributed by atoms with E-state index in [9.17, 15) is 19.2 Å². The zero-order valence-corrected chi connectivity index (χ0v) is 22.2. The third kappa shape index (κ3) is 4.85. The SMILES string of the molecule is Cn1c(=O)n(C2CCC(=O)NC2=O)c2ccc(N3CCC4(CCN(C(=O)OC(C)(C)C)CC4)CC3)cc21. The van der Waals surface area contributed by atoms with Crippen LogP contribution >= 0.6 is 0 Å². The average molecular weight is 512 g/mol. The molecule has 1 spiro atoms. The van der Waals surface area contributed by atoms with E-state index >= 15 is 0 Å². The smallest absolute Gasteiger partial charge is 0.410 e. The van der Waals surface area contributed by atoms with E-state index in [-0.39, 0.29) is 29.5 Å². The third-order valence-corrected chi connectivity index (χ3v) is 8.26. The second-order valence-corrected chi connectivity index (χ2v) is 11.8. The number of benzene rings is 1. The number of carbonyl (C=O) groups is 3. The van der Waals surface area contributed by atoms with E-state index in [4.69, 9.17) is 4.74 Å². The summed E-state index contributed by atoms with van der Waals surface area (Å²) >= 11 is 0. The molecule has 1 aromatic heterocycles. The van der Waals surface area contributed by atoms with Crippen LogP contribution in [0, 0.1) is 5.41 Å². The number of rotatable bonds is 2. The zero-order valence-electron chi connectivity index (χ0n) is 22.2. The lowest BCUT2D eigenvalue weighted by Crippen LogP contribution is -2.49. The molecule has 1 aromatic carbocycles. The van der Waals surface area contributed by atoms with Crippen molar-refractivity contribution in [1.82, 2.24) is 19.4 Å². The number of aryl methyl sites for hydroxylation is 1. The lowest BCUT2D eigenvalue weighted by Gasteiger charge is -2.47. The summed E-state index contributed by atoms with van der Waals surface area (Å²) in [5.41, 5.74) is 2.05. The van der Waals surface area contributed by atoms with Gasteiger partial charge in [0.05, 0.1) is 11.0 Å². The van der Waals surface area contributed by atoms with Gasteiger partial charge in [-0.15, -0.1) is 0 Å². The molecule has 3 fully saturated rings. The summed E-state index contributed by atoms with van der Waals surface area (Å²) < 4.78 is 8.65. The molecule has 1 N–H and O–H groups in total. The van der Waals surface area contributed by atoms with Gasteiger partial charge in [0.25, 0.3) is 0 Å². The highest BCUT2D eigenvalue weighted by atomic mass is 16.6. The number of anilines is 1. The highest BCUT2D eigenvalue weighted by molar-refractivity contribution is 6.00. The number of aromatic nitrogens is 2. The van der Waals surface area contributed by atoms with Crippen molar-refractivity contribution in [2.45, 2.75) is 70.9 Å². The number of imidazole rings is 1. The Morgan fingerprint density at radius 2 is 1.65 bits per heavy atom. The largest absolute Gasteiger partial charge is 0.444 e. The maximum absolute atomic E-state index is 13.1. The number of nitrogens with one attached hydrogen (secondary N) is 1. The van der Waals surface area contributed by atoms with Gasteiger partial charge >= 0.3 is 11.8 Å². The summed E-state index contributed by atoms with van der Waals surface area (Å²) in [5, 5.41) is 2.36. The molecule has 1 atom stereocenters. The Morgan fingerprint density at radius 1 is 1.00 bits per heavy atom. The van der Waals surface area contributed by atoms with Crippen molar-refractivity contribution in [1.29, 1.82) is 0 Å². The first-order chi connectivity index (χ1) is 17.5. The van der Waals surface area contributed by atoms with Crippen molar-refractivity contribution < 1.29 is 19.1 Å². The molecule has 5 rings (SSSR count). The second kappa shape index (κ2) is 9.22. The monoisotopic (exact) mass is 511 g/mol. The van der Waals surface area contributed by atoms with E-state index in [0.717, 1.165) is 63.1 Å². The Labute approximate surface area is 216 Å². The van der Waals surface area contributed by atoms with Crippen LogP contribution in [0.25, 0.3) is 11.0 Å². The fraction of sp³-hybridized carbons (Fsp3) is 0.630. The molecule has 4 heterocycles. The van der Waals surface area contributed by atoms with Gasteiger partial charge in [0.1, 0.15) is 11.6 Å². The van der Waals surface area contributed by atoms with Crippen molar-refractivity contribution in [2.24, 2.45) is 12.5 Å². The molecule has 10 heteroatoms. The Balaban J connectivity index is 1.27. The van der Waals surface area contributed by atoms with E-state index in [1.165, 1.54) is 4.57 Å². The minimum Gasteiger partial charge on any atom is -0.444 e. The average Bonchev–Trinajstić information content (AvgIpc) is 3.08. The van der Waals surface area contributed by atoms with E-state index in [1.54, 1.807) is 11.6 Å². The number of hydrogen-bond acceptors (Lipinski definition) is 6.